The summed E-state index contributed by atoms with van der Waals surface area (Å²) in [6.45, 7) is 5.00. The molecule has 1 fully saturated rings. The Balaban J connectivity index is 1.86. The number of benzene rings is 1. The Labute approximate surface area is 120 Å². The highest BCUT2D eigenvalue weighted by molar-refractivity contribution is 5.18. The van der Waals surface area contributed by atoms with Crippen LogP contribution >= 0.6 is 0 Å². The van der Waals surface area contributed by atoms with Crippen molar-refractivity contribution in [2.24, 2.45) is 11.8 Å². The predicted octanol–water partition coefficient (Wildman–Crippen LogP) is 4.66. The van der Waals surface area contributed by atoms with Crippen molar-refractivity contribution in [3.63, 3.8) is 0 Å². The minimum atomic E-state index is -0.371. The Kier molecular flexibility index (Phi) is 5.53. The van der Waals surface area contributed by atoms with E-state index in [1.807, 2.05) is 0 Å². The molecule has 3 heteroatoms. The van der Waals surface area contributed by atoms with Crippen molar-refractivity contribution in [1.82, 2.24) is 5.32 Å². The fourth-order valence-corrected chi connectivity index (χ4v) is 3.13. The monoisotopic (exact) mass is 281 g/mol. The van der Waals surface area contributed by atoms with Gasteiger partial charge in [0.1, 0.15) is 11.6 Å². The van der Waals surface area contributed by atoms with E-state index >= 15 is 0 Å². The summed E-state index contributed by atoms with van der Waals surface area (Å²) in [4.78, 5) is 0. The summed E-state index contributed by atoms with van der Waals surface area (Å²) in [6, 6.07) is 4.09. The molecule has 0 amide bonds. The van der Waals surface area contributed by atoms with E-state index in [-0.39, 0.29) is 11.6 Å². The van der Waals surface area contributed by atoms with Gasteiger partial charge >= 0.3 is 0 Å². The van der Waals surface area contributed by atoms with Crippen LogP contribution in [-0.2, 0) is 6.54 Å². The standard InChI is InChI=1S/C17H25F2N/c1-12(2)13-4-3-5-16(8-6-13)20-11-14-10-15(18)7-9-17(14)19/h7,9-10,12-13,16,20H,3-6,8,11H2,1-2H3. The van der Waals surface area contributed by atoms with Gasteiger partial charge in [-0.3, -0.25) is 0 Å². The van der Waals surface area contributed by atoms with Crippen LogP contribution in [0.5, 0.6) is 0 Å². The number of nitrogens with one attached hydrogen (secondary N) is 1. The Hall–Kier alpha value is -0.960. The van der Waals surface area contributed by atoms with Crippen LogP contribution in [-0.4, -0.2) is 6.04 Å². The normalized spacial score (nSPS) is 23.9. The van der Waals surface area contributed by atoms with E-state index in [0.29, 0.717) is 18.2 Å². The van der Waals surface area contributed by atoms with Crippen LogP contribution in [0.3, 0.4) is 0 Å². The molecule has 1 aliphatic carbocycles. The van der Waals surface area contributed by atoms with E-state index in [0.717, 1.165) is 30.7 Å². The molecule has 0 heterocycles. The van der Waals surface area contributed by atoms with Gasteiger partial charge in [-0.1, -0.05) is 26.7 Å². The van der Waals surface area contributed by atoms with Crippen molar-refractivity contribution in [3.8, 4) is 0 Å². The number of halogens is 2. The van der Waals surface area contributed by atoms with E-state index in [9.17, 15) is 8.78 Å². The van der Waals surface area contributed by atoms with Gasteiger partial charge in [0, 0.05) is 18.2 Å². The third kappa shape index (κ3) is 4.27. The lowest BCUT2D eigenvalue weighted by Gasteiger charge is -2.19. The smallest absolute Gasteiger partial charge is 0.127 e. The van der Waals surface area contributed by atoms with Gasteiger partial charge in [0.2, 0.25) is 0 Å². The quantitative estimate of drug-likeness (QED) is 0.791. The summed E-state index contributed by atoms with van der Waals surface area (Å²) in [6.07, 6.45) is 6.04. The first-order valence-corrected chi connectivity index (χ1v) is 7.73. The van der Waals surface area contributed by atoms with Crippen LogP contribution in [0.4, 0.5) is 8.78 Å². The van der Waals surface area contributed by atoms with Crippen molar-refractivity contribution < 1.29 is 8.78 Å². The highest BCUT2D eigenvalue weighted by Crippen LogP contribution is 2.29. The topological polar surface area (TPSA) is 12.0 Å². The molecule has 0 aromatic heterocycles. The van der Waals surface area contributed by atoms with Gasteiger partial charge in [0.25, 0.3) is 0 Å². The zero-order valence-corrected chi connectivity index (χ0v) is 12.5. The Morgan fingerprint density at radius 3 is 2.70 bits per heavy atom. The summed E-state index contributed by atoms with van der Waals surface area (Å²) in [7, 11) is 0. The third-order valence-corrected chi connectivity index (χ3v) is 4.55. The fraction of sp³-hybridized carbons (Fsp3) is 0.647. The zero-order chi connectivity index (χ0) is 14.5. The summed E-state index contributed by atoms with van der Waals surface area (Å²) in [5.74, 6) is 0.860. The fourth-order valence-electron chi connectivity index (χ4n) is 3.13. The molecule has 2 rings (SSSR count). The van der Waals surface area contributed by atoms with Gasteiger partial charge in [-0.15, -0.1) is 0 Å². The van der Waals surface area contributed by atoms with E-state index in [4.69, 9.17) is 0 Å². The number of hydrogen-bond acceptors (Lipinski definition) is 1. The van der Waals surface area contributed by atoms with E-state index in [1.165, 1.54) is 31.4 Å². The van der Waals surface area contributed by atoms with Gasteiger partial charge in [0.15, 0.2) is 0 Å². The number of hydrogen-bond donors (Lipinski definition) is 1. The molecule has 1 aromatic carbocycles. The molecule has 0 saturated heterocycles. The second-order valence-electron chi connectivity index (χ2n) is 6.33. The molecule has 0 radical (unpaired) electrons. The lowest BCUT2D eigenvalue weighted by molar-refractivity contribution is 0.337. The van der Waals surface area contributed by atoms with Gasteiger partial charge < -0.3 is 5.32 Å². The molecule has 2 atom stereocenters. The third-order valence-electron chi connectivity index (χ3n) is 4.55. The Morgan fingerprint density at radius 2 is 1.95 bits per heavy atom. The van der Waals surface area contributed by atoms with Crippen molar-refractivity contribution >= 4 is 0 Å². The number of rotatable bonds is 4. The van der Waals surface area contributed by atoms with Crippen LogP contribution in [0.1, 0.15) is 51.5 Å². The van der Waals surface area contributed by atoms with E-state index in [1.54, 1.807) is 0 Å². The summed E-state index contributed by atoms with van der Waals surface area (Å²) >= 11 is 0. The van der Waals surface area contributed by atoms with Crippen LogP contribution in [0.15, 0.2) is 18.2 Å². The van der Waals surface area contributed by atoms with Gasteiger partial charge in [-0.25, -0.2) is 8.78 Å². The summed E-state index contributed by atoms with van der Waals surface area (Å²) in [5.41, 5.74) is 0.426. The molecule has 112 valence electrons. The molecular formula is C17H25F2N. The Bertz CT molecular complexity index is 431. The van der Waals surface area contributed by atoms with Crippen LogP contribution in [0.2, 0.25) is 0 Å². The van der Waals surface area contributed by atoms with Gasteiger partial charge in [-0.2, -0.15) is 0 Å². The first kappa shape index (κ1) is 15.4. The maximum Gasteiger partial charge on any atom is 0.127 e. The minimum Gasteiger partial charge on any atom is -0.310 e. The summed E-state index contributed by atoms with van der Waals surface area (Å²) in [5, 5.41) is 3.40. The highest BCUT2D eigenvalue weighted by Gasteiger charge is 2.20. The van der Waals surface area contributed by atoms with Crippen molar-refractivity contribution in [2.45, 2.75) is 58.5 Å². The highest BCUT2D eigenvalue weighted by atomic mass is 19.1. The van der Waals surface area contributed by atoms with Crippen LogP contribution < -0.4 is 5.32 Å². The minimum absolute atomic E-state index is 0.326. The molecule has 1 N–H and O–H groups in total. The molecular weight excluding hydrogens is 256 g/mol. The van der Waals surface area contributed by atoms with Crippen molar-refractivity contribution in [2.75, 3.05) is 0 Å². The van der Waals surface area contributed by atoms with Crippen LogP contribution in [0.25, 0.3) is 0 Å². The van der Waals surface area contributed by atoms with Crippen LogP contribution in [0, 0.1) is 23.5 Å². The van der Waals surface area contributed by atoms with E-state index < -0.39 is 0 Å². The molecule has 1 aliphatic rings. The predicted molar refractivity (Wildman–Crippen MR) is 78.4 cm³/mol. The first-order valence-electron chi connectivity index (χ1n) is 7.73. The molecule has 20 heavy (non-hydrogen) atoms. The maximum atomic E-state index is 13.6. The van der Waals surface area contributed by atoms with Gasteiger partial charge in [-0.05, 0) is 49.3 Å². The molecule has 1 aromatic rings. The Morgan fingerprint density at radius 1 is 1.15 bits per heavy atom. The largest absolute Gasteiger partial charge is 0.310 e. The molecule has 0 bridgehead atoms. The molecule has 2 unspecified atom stereocenters. The SMILES string of the molecule is CC(C)C1CCCC(NCc2cc(F)ccc2F)CC1. The molecule has 0 aliphatic heterocycles. The summed E-state index contributed by atoms with van der Waals surface area (Å²) < 4.78 is 26.7. The van der Waals surface area contributed by atoms with E-state index in [2.05, 4.69) is 19.2 Å². The molecule has 1 saturated carbocycles. The lowest BCUT2D eigenvalue weighted by Crippen LogP contribution is -2.28. The second-order valence-corrected chi connectivity index (χ2v) is 6.33. The lowest BCUT2D eigenvalue weighted by atomic mass is 9.89. The average molecular weight is 281 g/mol. The zero-order valence-electron chi connectivity index (χ0n) is 12.5. The van der Waals surface area contributed by atoms with Crippen molar-refractivity contribution in [3.05, 3.63) is 35.4 Å². The first-order chi connectivity index (χ1) is 9.56. The maximum absolute atomic E-state index is 13.6. The van der Waals surface area contributed by atoms with Gasteiger partial charge in [0.05, 0.1) is 0 Å². The van der Waals surface area contributed by atoms with Crippen molar-refractivity contribution in [1.29, 1.82) is 0 Å². The molecule has 0 spiro atoms. The second kappa shape index (κ2) is 7.16. The molecule has 1 nitrogen and oxygen atoms in total. The average Bonchev–Trinajstić information content (AvgIpc) is 2.65.